The molecule has 2 heterocycles. The lowest BCUT2D eigenvalue weighted by Gasteiger charge is -2.34. The first kappa shape index (κ1) is 16.9. The van der Waals surface area contributed by atoms with Crippen LogP contribution in [-0.4, -0.2) is 61.1 Å². The summed E-state index contributed by atoms with van der Waals surface area (Å²) in [5, 5.41) is 9.15. The highest BCUT2D eigenvalue weighted by Gasteiger charge is 2.38. The molecule has 5 heteroatoms. The number of hydrogen-bond donors (Lipinski definition) is 0. The molecule has 1 aromatic carbocycles. The van der Waals surface area contributed by atoms with Crippen molar-refractivity contribution in [1.29, 1.82) is 5.26 Å². The monoisotopic (exact) mass is 327 g/mol. The number of benzene rings is 1. The third-order valence-electron chi connectivity index (χ3n) is 5.19. The molecule has 2 saturated heterocycles. The van der Waals surface area contributed by atoms with Gasteiger partial charge < -0.3 is 9.64 Å². The van der Waals surface area contributed by atoms with Crippen molar-refractivity contribution in [2.24, 2.45) is 5.92 Å². The number of hydrogen-bond acceptors (Lipinski definition) is 4. The molecule has 2 aliphatic heterocycles. The number of amides is 1. The minimum absolute atomic E-state index is 0.0883. The zero-order valence-electron chi connectivity index (χ0n) is 14.2. The van der Waals surface area contributed by atoms with Gasteiger partial charge in [-0.15, -0.1) is 0 Å². The second-order valence-electron chi connectivity index (χ2n) is 6.76. The number of likely N-dealkylation sites (tertiary alicyclic amines) is 1. The van der Waals surface area contributed by atoms with E-state index in [1.165, 1.54) is 0 Å². The minimum atomic E-state index is -0.355. The fourth-order valence-electron chi connectivity index (χ4n) is 3.86. The van der Waals surface area contributed by atoms with Gasteiger partial charge in [-0.1, -0.05) is 37.3 Å². The number of carbonyl (C=O) groups excluding carboxylic acids is 1. The lowest BCUT2D eigenvalue weighted by Crippen LogP contribution is -2.47. The highest BCUT2D eigenvalue weighted by molar-refractivity contribution is 5.84. The molecule has 5 nitrogen and oxygen atoms in total. The molecule has 0 aliphatic carbocycles. The average molecular weight is 327 g/mol. The molecule has 0 N–H and O–H groups in total. The normalized spacial score (nSPS) is 26.1. The number of nitrogens with zero attached hydrogens (tertiary/aromatic N) is 3. The molecule has 0 radical (unpaired) electrons. The largest absolute Gasteiger partial charge is 0.379 e. The van der Waals surface area contributed by atoms with Crippen molar-refractivity contribution in [3.63, 3.8) is 0 Å². The van der Waals surface area contributed by atoms with Crippen LogP contribution >= 0.6 is 0 Å². The van der Waals surface area contributed by atoms with Crippen LogP contribution in [0.3, 0.4) is 0 Å². The van der Waals surface area contributed by atoms with Gasteiger partial charge in [0.2, 0.25) is 5.91 Å². The molecule has 128 valence electrons. The Bertz CT molecular complexity index is 592. The fourth-order valence-corrected chi connectivity index (χ4v) is 3.86. The zero-order valence-corrected chi connectivity index (χ0v) is 14.2. The third kappa shape index (κ3) is 3.61. The summed E-state index contributed by atoms with van der Waals surface area (Å²) >= 11 is 0. The Morgan fingerprint density at radius 2 is 2.00 bits per heavy atom. The van der Waals surface area contributed by atoms with Gasteiger partial charge in [0.1, 0.15) is 0 Å². The van der Waals surface area contributed by atoms with Gasteiger partial charge in [-0.2, -0.15) is 5.26 Å². The van der Waals surface area contributed by atoms with Crippen LogP contribution in [0.15, 0.2) is 30.3 Å². The number of morpholine rings is 1. The van der Waals surface area contributed by atoms with E-state index in [0.29, 0.717) is 12.0 Å². The lowest BCUT2D eigenvalue weighted by molar-refractivity contribution is -0.132. The smallest absolute Gasteiger partial charge is 0.231 e. The van der Waals surface area contributed by atoms with Crippen LogP contribution in [-0.2, 0) is 9.53 Å². The van der Waals surface area contributed by atoms with E-state index in [2.05, 4.69) is 17.9 Å². The summed E-state index contributed by atoms with van der Waals surface area (Å²) in [5.41, 5.74) is 0.937. The van der Waals surface area contributed by atoms with Gasteiger partial charge in [0.25, 0.3) is 0 Å². The van der Waals surface area contributed by atoms with Gasteiger partial charge in [0, 0.05) is 32.2 Å². The molecule has 0 bridgehead atoms. The number of rotatable bonds is 4. The SMILES string of the molecule is C[C@@H]1CN(C(=O)[C@@H](CC#N)c2ccccc2)C[C@@H]1N1CCOCC1. The standard InChI is InChI=1S/C19H25N3O2/c1-15-13-22(14-18(15)21-9-11-24-12-10-21)19(23)17(7-8-20)16-5-3-2-4-6-16/h2-6,15,17-18H,7,9-14H2,1H3/t15-,17+,18+/m1/s1. The summed E-state index contributed by atoms with van der Waals surface area (Å²) in [6.45, 7) is 7.19. The van der Waals surface area contributed by atoms with Crippen LogP contribution in [0.2, 0.25) is 0 Å². The minimum Gasteiger partial charge on any atom is -0.379 e. The van der Waals surface area contributed by atoms with E-state index in [-0.39, 0.29) is 18.2 Å². The summed E-state index contributed by atoms with van der Waals surface area (Å²) in [4.78, 5) is 17.4. The quantitative estimate of drug-likeness (QED) is 0.847. The van der Waals surface area contributed by atoms with Crippen molar-refractivity contribution < 1.29 is 9.53 Å². The van der Waals surface area contributed by atoms with Crippen molar-refractivity contribution in [2.75, 3.05) is 39.4 Å². The van der Waals surface area contributed by atoms with Crippen LogP contribution < -0.4 is 0 Å². The van der Waals surface area contributed by atoms with E-state index in [1.807, 2.05) is 35.2 Å². The van der Waals surface area contributed by atoms with Gasteiger partial charge in [-0.25, -0.2) is 0 Å². The molecule has 3 atom stereocenters. The first-order valence-corrected chi connectivity index (χ1v) is 8.73. The Morgan fingerprint density at radius 3 is 2.67 bits per heavy atom. The maximum atomic E-state index is 13.0. The van der Waals surface area contributed by atoms with Gasteiger partial charge in [0.15, 0.2) is 0 Å². The summed E-state index contributed by atoms with van der Waals surface area (Å²) in [7, 11) is 0. The van der Waals surface area contributed by atoms with E-state index < -0.39 is 0 Å². The van der Waals surface area contributed by atoms with Gasteiger partial charge >= 0.3 is 0 Å². The molecule has 24 heavy (non-hydrogen) atoms. The predicted molar refractivity (Wildman–Crippen MR) is 91.3 cm³/mol. The molecular weight excluding hydrogens is 302 g/mol. The summed E-state index contributed by atoms with van der Waals surface area (Å²) in [6.07, 6.45) is 0.232. The van der Waals surface area contributed by atoms with Crippen molar-refractivity contribution in [3.05, 3.63) is 35.9 Å². The van der Waals surface area contributed by atoms with Crippen LogP contribution in [0, 0.1) is 17.2 Å². The Kier molecular flexibility index (Phi) is 5.49. The molecule has 0 unspecified atom stereocenters. The van der Waals surface area contributed by atoms with E-state index in [1.54, 1.807) is 0 Å². The maximum Gasteiger partial charge on any atom is 0.231 e. The van der Waals surface area contributed by atoms with Crippen molar-refractivity contribution in [2.45, 2.75) is 25.3 Å². The van der Waals surface area contributed by atoms with E-state index in [4.69, 9.17) is 10.00 Å². The van der Waals surface area contributed by atoms with Gasteiger partial charge in [-0.05, 0) is 11.5 Å². The molecule has 0 saturated carbocycles. The maximum absolute atomic E-state index is 13.0. The van der Waals surface area contributed by atoms with Crippen LogP contribution in [0.25, 0.3) is 0 Å². The molecule has 2 fully saturated rings. The summed E-state index contributed by atoms with van der Waals surface area (Å²) < 4.78 is 5.44. The second kappa shape index (κ2) is 7.78. The van der Waals surface area contributed by atoms with Crippen LogP contribution in [0.5, 0.6) is 0 Å². The number of ether oxygens (including phenoxy) is 1. The van der Waals surface area contributed by atoms with Crippen LogP contribution in [0.4, 0.5) is 0 Å². The van der Waals surface area contributed by atoms with Crippen molar-refractivity contribution in [3.8, 4) is 6.07 Å². The summed E-state index contributed by atoms with van der Waals surface area (Å²) in [6, 6.07) is 12.3. The Balaban J connectivity index is 1.71. The highest BCUT2D eigenvalue weighted by atomic mass is 16.5. The Hall–Kier alpha value is -1.90. The zero-order chi connectivity index (χ0) is 16.9. The first-order valence-electron chi connectivity index (χ1n) is 8.73. The molecule has 2 aliphatic rings. The van der Waals surface area contributed by atoms with Crippen molar-refractivity contribution >= 4 is 5.91 Å². The molecular formula is C19H25N3O2. The van der Waals surface area contributed by atoms with Gasteiger partial charge in [-0.3, -0.25) is 9.69 Å². The van der Waals surface area contributed by atoms with Gasteiger partial charge in [0.05, 0.1) is 31.6 Å². The van der Waals surface area contributed by atoms with Crippen molar-refractivity contribution in [1.82, 2.24) is 9.80 Å². The lowest BCUT2D eigenvalue weighted by atomic mass is 9.95. The summed E-state index contributed by atoms with van der Waals surface area (Å²) in [5.74, 6) is 0.183. The van der Waals surface area contributed by atoms with E-state index in [9.17, 15) is 4.79 Å². The number of nitriles is 1. The molecule has 1 amide bonds. The van der Waals surface area contributed by atoms with E-state index >= 15 is 0 Å². The fraction of sp³-hybridized carbons (Fsp3) is 0.579. The third-order valence-corrected chi connectivity index (χ3v) is 5.19. The molecule has 0 aromatic heterocycles. The molecule has 1 aromatic rings. The molecule has 3 rings (SSSR count). The highest BCUT2D eigenvalue weighted by Crippen LogP contribution is 2.28. The Labute approximate surface area is 143 Å². The first-order chi connectivity index (χ1) is 11.7. The Morgan fingerprint density at radius 1 is 1.29 bits per heavy atom. The topological polar surface area (TPSA) is 56.6 Å². The predicted octanol–water partition coefficient (Wildman–Crippen LogP) is 1.86. The second-order valence-corrected chi connectivity index (χ2v) is 6.76. The van der Waals surface area contributed by atoms with E-state index in [0.717, 1.165) is 45.0 Å². The van der Waals surface area contributed by atoms with Crippen LogP contribution in [0.1, 0.15) is 24.8 Å². The number of carbonyl (C=O) groups is 1. The average Bonchev–Trinajstić information content (AvgIpc) is 3.02. The molecule has 0 spiro atoms.